The maximum Gasteiger partial charge on any atom is 0.327 e. The van der Waals surface area contributed by atoms with Gasteiger partial charge in [0.1, 0.15) is 11.8 Å². The van der Waals surface area contributed by atoms with Crippen LogP contribution in [0.1, 0.15) is 17.9 Å². The lowest BCUT2D eigenvalue weighted by Crippen LogP contribution is -2.46. The molecular formula is C13H14N2O5. The molecule has 1 saturated heterocycles. The van der Waals surface area contributed by atoms with Crippen molar-refractivity contribution in [3.63, 3.8) is 0 Å². The minimum absolute atomic E-state index is 0.0173. The fraction of sp³-hybridized carbons (Fsp3) is 0.308. The molecule has 0 aromatic heterocycles. The molecule has 3 N–H and O–H groups in total. The predicted octanol–water partition coefficient (Wildman–Crippen LogP) is 0.543. The zero-order valence-corrected chi connectivity index (χ0v) is 10.8. The number of likely N-dealkylation sites (tertiary alicyclic amines) is 1. The predicted molar refractivity (Wildman–Crippen MR) is 68.2 cm³/mol. The monoisotopic (exact) mass is 278 g/mol. The lowest BCUT2D eigenvalue weighted by Gasteiger charge is -2.16. The molecule has 1 aromatic rings. The summed E-state index contributed by atoms with van der Waals surface area (Å²) in [5, 5.41) is 9.08. The summed E-state index contributed by atoms with van der Waals surface area (Å²) in [7, 11) is 1.52. The zero-order chi connectivity index (χ0) is 14.9. The molecule has 0 bridgehead atoms. The molecule has 1 aliphatic rings. The fourth-order valence-electron chi connectivity index (χ4n) is 2.34. The van der Waals surface area contributed by atoms with Gasteiger partial charge in [0, 0.05) is 0 Å². The number of nitrogens with zero attached hydrogens (tertiary/aromatic N) is 1. The van der Waals surface area contributed by atoms with Gasteiger partial charge in [-0.05, 0) is 24.1 Å². The van der Waals surface area contributed by atoms with E-state index in [9.17, 15) is 14.4 Å². The Morgan fingerprint density at radius 2 is 1.95 bits per heavy atom. The molecule has 0 saturated carbocycles. The standard InChI is InChI=1S/C13H14N2O5/c1-20-8-4-2-7(3-5-8)9-6-10(12(17)18)15(11(9)16)13(14)19/h2-5,9-10H,6H2,1H3,(H2,14,19)(H,17,18)/t9-,10+/m0/s1. The first-order chi connectivity index (χ1) is 9.45. The summed E-state index contributed by atoms with van der Waals surface area (Å²) < 4.78 is 5.01. The molecule has 106 valence electrons. The quantitative estimate of drug-likeness (QED) is 0.838. The minimum atomic E-state index is -1.24. The number of hydrogen-bond donors (Lipinski definition) is 2. The number of carbonyl (C=O) groups excluding carboxylic acids is 2. The molecule has 0 spiro atoms. The maximum absolute atomic E-state index is 12.1. The Kier molecular flexibility index (Phi) is 3.60. The average molecular weight is 278 g/mol. The number of nitrogens with two attached hydrogens (primary N) is 1. The van der Waals surface area contributed by atoms with E-state index < -0.39 is 29.9 Å². The molecule has 1 fully saturated rings. The van der Waals surface area contributed by atoms with Crippen molar-refractivity contribution in [2.45, 2.75) is 18.4 Å². The molecule has 7 heteroatoms. The largest absolute Gasteiger partial charge is 0.497 e. The van der Waals surface area contributed by atoms with Crippen molar-refractivity contribution >= 4 is 17.9 Å². The Morgan fingerprint density at radius 1 is 1.35 bits per heavy atom. The van der Waals surface area contributed by atoms with Crippen LogP contribution in [0.2, 0.25) is 0 Å². The van der Waals surface area contributed by atoms with Crippen molar-refractivity contribution in [1.29, 1.82) is 0 Å². The van der Waals surface area contributed by atoms with Crippen molar-refractivity contribution in [3.8, 4) is 5.75 Å². The van der Waals surface area contributed by atoms with Crippen LogP contribution in [0.3, 0.4) is 0 Å². The number of benzene rings is 1. The van der Waals surface area contributed by atoms with Crippen LogP contribution in [0, 0.1) is 0 Å². The van der Waals surface area contributed by atoms with Gasteiger partial charge >= 0.3 is 12.0 Å². The lowest BCUT2D eigenvalue weighted by atomic mass is 9.96. The summed E-state index contributed by atoms with van der Waals surface area (Å²) in [4.78, 5) is 35.1. The Morgan fingerprint density at radius 3 is 2.35 bits per heavy atom. The smallest absolute Gasteiger partial charge is 0.327 e. The SMILES string of the molecule is COc1ccc([C@@H]2C[C@H](C(=O)O)N(C(N)=O)C2=O)cc1. The molecule has 20 heavy (non-hydrogen) atoms. The summed E-state index contributed by atoms with van der Waals surface area (Å²) >= 11 is 0. The van der Waals surface area contributed by atoms with Gasteiger partial charge in [0.05, 0.1) is 13.0 Å². The first-order valence-corrected chi connectivity index (χ1v) is 5.95. The summed E-state index contributed by atoms with van der Waals surface area (Å²) in [6, 6.07) is 4.43. The summed E-state index contributed by atoms with van der Waals surface area (Å²) in [5.41, 5.74) is 5.72. The number of hydrogen-bond acceptors (Lipinski definition) is 4. The molecule has 1 aliphatic heterocycles. The van der Waals surface area contributed by atoms with Gasteiger partial charge in [0.2, 0.25) is 5.91 Å². The Balaban J connectivity index is 2.31. The van der Waals surface area contributed by atoms with E-state index in [4.69, 9.17) is 15.6 Å². The number of ether oxygens (including phenoxy) is 1. The highest BCUT2D eigenvalue weighted by Crippen LogP contribution is 2.33. The van der Waals surface area contributed by atoms with Crippen molar-refractivity contribution in [1.82, 2.24) is 4.90 Å². The zero-order valence-electron chi connectivity index (χ0n) is 10.8. The van der Waals surface area contributed by atoms with Gasteiger partial charge in [0.15, 0.2) is 0 Å². The molecule has 0 unspecified atom stereocenters. The summed E-state index contributed by atoms with van der Waals surface area (Å²) in [5.74, 6) is -1.89. The Hall–Kier alpha value is -2.57. The van der Waals surface area contributed by atoms with Crippen LogP contribution >= 0.6 is 0 Å². The van der Waals surface area contributed by atoms with Gasteiger partial charge in [-0.1, -0.05) is 12.1 Å². The number of urea groups is 1. The van der Waals surface area contributed by atoms with Gasteiger partial charge in [-0.3, -0.25) is 4.79 Å². The maximum atomic E-state index is 12.1. The first-order valence-electron chi connectivity index (χ1n) is 5.95. The third-order valence-corrected chi connectivity index (χ3v) is 3.35. The van der Waals surface area contributed by atoms with E-state index in [2.05, 4.69) is 0 Å². The van der Waals surface area contributed by atoms with Gasteiger partial charge in [-0.25, -0.2) is 14.5 Å². The third-order valence-electron chi connectivity index (χ3n) is 3.35. The highest BCUT2D eigenvalue weighted by Gasteiger charge is 2.46. The number of rotatable bonds is 3. The van der Waals surface area contributed by atoms with Crippen LogP contribution in [0.25, 0.3) is 0 Å². The number of amides is 3. The molecule has 3 amide bonds. The molecular weight excluding hydrogens is 264 g/mol. The van der Waals surface area contributed by atoms with E-state index in [1.165, 1.54) is 7.11 Å². The number of primary amides is 1. The fourth-order valence-corrected chi connectivity index (χ4v) is 2.34. The molecule has 7 nitrogen and oxygen atoms in total. The van der Waals surface area contributed by atoms with E-state index in [0.717, 1.165) is 0 Å². The van der Waals surface area contributed by atoms with E-state index in [1.54, 1.807) is 24.3 Å². The van der Waals surface area contributed by atoms with Crippen LogP contribution in [-0.2, 0) is 9.59 Å². The number of carboxylic acids is 1. The second-order valence-corrected chi connectivity index (χ2v) is 4.46. The van der Waals surface area contributed by atoms with Gasteiger partial charge in [-0.15, -0.1) is 0 Å². The second kappa shape index (κ2) is 5.20. The summed E-state index contributed by atoms with van der Waals surface area (Å²) in [6.45, 7) is 0. The average Bonchev–Trinajstić information content (AvgIpc) is 2.77. The Labute approximate surface area is 114 Å². The molecule has 2 atom stereocenters. The molecule has 0 aliphatic carbocycles. The number of carbonyl (C=O) groups is 3. The normalized spacial score (nSPS) is 21.9. The van der Waals surface area contributed by atoms with Crippen LogP contribution in [-0.4, -0.2) is 41.1 Å². The van der Waals surface area contributed by atoms with Crippen molar-refractivity contribution in [2.75, 3.05) is 7.11 Å². The topological polar surface area (TPSA) is 110 Å². The van der Waals surface area contributed by atoms with Crippen molar-refractivity contribution < 1.29 is 24.2 Å². The highest BCUT2D eigenvalue weighted by atomic mass is 16.5. The van der Waals surface area contributed by atoms with E-state index in [1.807, 2.05) is 0 Å². The van der Waals surface area contributed by atoms with Crippen molar-refractivity contribution in [2.24, 2.45) is 5.73 Å². The summed E-state index contributed by atoms with van der Waals surface area (Å²) in [6.07, 6.45) is 0.0173. The molecule has 1 heterocycles. The van der Waals surface area contributed by atoms with Crippen LogP contribution < -0.4 is 10.5 Å². The Bertz CT molecular complexity index is 554. The molecule has 1 aromatic carbocycles. The van der Waals surface area contributed by atoms with E-state index in [-0.39, 0.29) is 6.42 Å². The van der Waals surface area contributed by atoms with Gasteiger partial charge in [-0.2, -0.15) is 0 Å². The minimum Gasteiger partial charge on any atom is -0.497 e. The number of imide groups is 1. The number of methoxy groups -OCH3 is 1. The highest BCUT2D eigenvalue weighted by molar-refractivity contribution is 6.03. The third kappa shape index (κ3) is 2.29. The van der Waals surface area contributed by atoms with Crippen LogP contribution in [0.5, 0.6) is 5.75 Å². The van der Waals surface area contributed by atoms with Crippen LogP contribution in [0.4, 0.5) is 4.79 Å². The van der Waals surface area contributed by atoms with Gasteiger partial charge in [0.25, 0.3) is 0 Å². The second-order valence-electron chi connectivity index (χ2n) is 4.46. The number of carboxylic acid groups (broad SMARTS) is 1. The lowest BCUT2D eigenvalue weighted by molar-refractivity contribution is -0.144. The van der Waals surface area contributed by atoms with E-state index in [0.29, 0.717) is 16.2 Å². The van der Waals surface area contributed by atoms with E-state index >= 15 is 0 Å². The molecule has 0 radical (unpaired) electrons. The molecule has 2 rings (SSSR count). The number of aliphatic carboxylic acids is 1. The van der Waals surface area contributed by atoms with Crippen molar-refractivity contribution in [3.05, 3.63) is 29.8 Å². The first kappa shape index (κ1) is 13.9. The van der Waals surface area contributed by atoms with Gasteiger partial charge < -0.3 is 15.6 Å². The van der Waals surface area contributed by atoms with Crippen LogP contribution in [0.15, 0.2) is 24.3 Å².